The van der Waals surface area contributed by atoms with Gasteiger partial charge in [0, 0.05) is 16.8 Å². The second-order valence-electron chi connectivity index (χ2n) is 4.42. The predicted octanol–water partition coefficient (Wildman–Crippen LogP) is 1.91. The minimum Gasteiger partial charge on any atom is -0.726 e. The molecule has 110 valence electrons. The Bertz CT molecular complexity index is 875. The predicted molar refractivity (Wildman–Crippen MR) is 79.3 cm³/mol. The first kappa shape index (κ1) is 15.4. The Morgan fingerprint density at radius 1 is 1.00 bits per heavy atom. The Morgan fingerprint density at radius 3 is 2.14 bits per heavy atom. The molecule has 0 aliphatic rings. The average molecular weight is 305 g/mol. The van der Waals surface area contributed by atoms with Gasteiger partial charge in [0.1, 0.15) is 7.05 Å². The molecule has 21 heavy (non-hydrogen) atoms. The Balaban J connectivity index is 0.000000232. The van der Waals surface area contributed by atoms with Crippen molar-refractivity contribution in [1.82, 2.24) is 0 Å². The van der Waals surface area contributed by atoms with Crippen LogP contribution < -0.4 is 4.57 Å². The van der Waals surface area contributed by atoms with Gasteiger partial charge in [-0.05, 0) is 12.1 Å². The van der Waals surface area contributed by atoms with E-state index in [1.54, 1.807) is 0 Å². The van der Waals surface area contributed by atoms with E-state index in [1.165, 1.54) is 21.7 Å². The van der Waals surface area contributed by atoms with Gasteiger partial charge in [0.05, 0.1) is 12.5 Å². The molecule has 2 aromatic carbocycles. The van der Waals surface area contributed by atoms with Crippen LogP contribution in [0.2, 0.25) is 0 Å². The minimum atomic E-state index is -4.41. The van der Waals surface area contributed by atoms with Gasteiger partial charge in [-0.3, -0.25) is 4.18 Å². The number of hydrogen-bond donors (Lipinski definition) is 0. The summed E-state index contributed by atoms with van der Waals surface area (Å²) in [5.41, 5.74) is 1.27. The topological polar surface area (TPSA) is 70.3 Å². The molecule has 3 aromatic rings. The van der Waals surface area contributed by atoms with Crippen molar-refractivity contribution >= 4 is 32.1 Å². The van der Waals surface area contributed by atoms with Crippen LogP contribution in [0.3, 0.4) is 0 Å². The van der Waals surface area contributed by atoms with Crippen LogP contribution in [0.4, 0.5) is 0 Å². The highest BCUT2D eigenvalue weighted by Crippen LogP contribution is 2.21. The second-order valence-corrected chi connectivity index (χ2v) is 5.57. The van der Waals surface area contributed by atoms with E-state index in [9.17, 15) is 13.0 Å². The number of benzene rings is 2. The highest BCUT2D eigenvalue weighted by atomic mass is 32.3. The Morgan fingerprint density at radius 2 is 1.52 bits per heavy atom. The van der Waals surface area contributed by atoms with Crippen molar-refractivity contribution < 1.29 is 21.7 Å². The van der Waals surface area contributed by atoms with E-state index in [4.69, 9.17) is 0 Å². The minimum absolute atomic E-state index is 0.808. The molecule has 0 N–H and O–H groups in total. The molecule has 0 aliphatic heterocycles. The molecule has 0 fully saturated rings. The van der Waals surface area contributed by atoms with Gasteiger partial charge in [0.25, 0.3) is 0 Å². The number of rotatable bonds is 1. The third kappa shape index (κ3) is 3.75. The standard InChI is InChI=1S/C14H12N.CH4O4S/c1-15-10-11-6-2-3-7-12(11)13-8-4-5-9-14(13)15;1-5-6(2,3)4/h2-10H,1H3;1H3,(H,2,3,4)/q+1;/p-1. The van der Waals surface area contributed by atoms with Crippen molar-refractivity contribution in [2.75, 3.05) is 7.11 Å². The highest BCUT2D eigenvalue weighted by molar-refractivity contribution is 7.80. The quantitative estimate of drug-likeness (QED) is 0.298. The van der Waals surface area contributed by atoms with E-state index in [0.717, 1.165) is 7.11 Å². The maximum absolute atomic E-state index is 9.22. The van der Waals surface area contributed by atoms with Gasteiger partial charge >= 0.3 is 0 Å². The van der Waals surface area contributed by atoms with Crippen LogP contribution in [0.1, 0.15) is 0 Å². The van der Waals surface area contributed by atoms with E-state index < -0.39 is 10.4 Å². The molecule has 0 radical (unpaired) electrons. The van der Waals surface area contributed by atoms with Gasteiger partial charge in [-0.25, -0.2) is 13.0 Å². The monoisotopic (exact) mass is 305 g/mol. The lowest BCUT2D eigenvalue weighted by atomic mass is 10.1. The van der Waals surface area contributed by atoms with Crippen LogP contribution >= 0.6 is 0 Å². The molecule has 0 atom stereocenters. The van der Waals surface area contributed by atoms with Gasteiger partial charge in [-0.15, -0.1) is 0 Å². The fourth-order valence-corrected chi connectivity index (χ4v) is 2.14. The summed E-state index contributed by atoms with van der Waals surface area (Å²) in [6, 6.07) is 17.0. The lowest BCUT2D eigenvalue weighted by Gasteiger charge is -2.01. The third-order valence-electron chi connectivity index (χ3n) is 3.07. The summed E-state index contributed by atoms with van der Waals surface area (Å²) >= 11 is 0. The van der Waals surface area contributed by atoms with Gasteiger partial charge in [-0.2, -0.15) is 0 Å². The SMILES string of the molecule is COS(=O)(=O)[O-].C[n+]1cc2ccccc2c2ccccc21. The van der Waals surface area contributed by atoms with Crippen molar-refractivity contribution in [3.05, 3.63) is 54.7 Å². The van der Waals surface area contributed by atoms with E-state index in [2.05, 4.69) is 70.5 Å². The molecule has 1 aromatic heterocycles. The summed E-state index contributed by atoms with van der Waals surface area (Å²) in [4.78, 5) is 0. The van der Waals surface area contributed by atoms with Crippen LogP contribution in [0, 0.1) is 0 Å². The molecule has 3 rings (SSSR count). The van der Waals surface area contributed by atoms with Crippen LogP contribution in [0.5, 0.6) is 0 Å². The summed E-state index contributed by atoms with van der Waals surface area (Å²) in [7, 11) is -1.51. The summed E-state index contributed by atoms with van der Waals surface area (Å²) in [6.07, 6.45) is 2.18. The zero-order chi connectivity index (χ0) is 15.5. The molecular weight excluding hydrogens is 290 g/mol. The molecular formula is C15H15NO4S. The van der Waals surface area contributed by atoms with Crippen molar-refractivity contribution in [3.8, 4) is 0 Å². The molecule has 6 heteroatoms. The molecule has 0 bridgehead atoms. The van der Waals surface area contributed by atoms with Crippen LogP contribution in [0.25, 0.3) is 21.7 Å². The number of para-hydroxylation sites is 1. The second kappa shape index (κ2) is 6.17. The van der Waals surface area contributed by atoms with E-state index in [0.29, 0.717) is 0 Å². The van der Waals surface area contributed by atoms with Gasteiger partial charge in [-0.1, -0.05) is 30.3 Å². The van der Waals surface area contributed by atoms with Gasteiger partial charge in [0.15, 0.2) is 6.20 Å². The third-order valence-corrected chi connectivity index (χ3v) is 3.48. The number of fused-ring (bicyclic) bond motifs is 3. The first-order chi connectivity index (χ1) is 9.92. The maximum atomic E-state index is 9.22. The molecule has 0 saturated carbocycles. The van der Waals surface area contributed by atoms with Crippen LogP contribution in [0.15, 0.2) is 54.7 Å². The summed E-state index contributed by atoms with van der Waals surface area (Å²) in [6.45, 7) is 0. The number of hydrogen-bond acceptors (Lipinski definition) is 4. The fraction of sp³-hybridized carbons (Fsp3) is 0.133. The molecule has 1 heterocycles. The number of aromatic nitrogens is 1. The van der Waals surface area contributed by atoms with E-state index >= 15 is 0 Å². The Labute approximate surface area is 123 Å². The zero-order valence-electron chi connectivity index (χ0n) is 11.7. The van der Waals surface area contributed by atoms with E-state index in [1.807, 2.05) is 0 Å². The summed E-state index contributed by atoms with van der Waals surface area (Å²) < 4.78 is 33.2. The first-order valence-electron chi connectivity index (χ1n) is 6.20. The normalized spacial score (nSPS) is 11.2. The first-order valence-corrected chi connectivity index (χ1v) is 7.53. The fourth-order valence-electron chi connectivity index (χ4n) is 2.14. The lowest BCUT2D eigenvalue weighted by Crippen LogP contribution is -2.28. The summed E-state index contributed by atoms with van der Waals surface area (Å²) in [5.74, 6) is 0. The summed E-state index contributed by atoms with van der Waals surface area (Å²) in [5, 5.41) is 3.93. The smallest absolute Gasteiger partial charge is 0.217 e. The lowest BCUT2D eigenvalue weighted by molar-refractivity contribution is -0.643. The van der Waals surface area contributed by atoms with Crippen LogP contribution in [-0.4, -0.2) is 20.1 Å². The highest BCUT2D eigenvalue weighted by Gasteiger charge is 2.07. The zero-order valence-corrected chi connectivity index (χ0v) is 12.5. The van der Waals surface area contributed by atoms with Crippen molar-refractivity contribution in [2.24, 2.45) is 7.05 Å². The van der Waals surface area contributed by atoms with Crippen molar-refractivity contribution in [2.45, 2.75) is 0 Å². The van der Waals surface area contributed by atoms with Crippen LogP contribution in [-0.2, 0) is 21.6 Å². The molecule has 0 spiro atoms. The number of pyridine rings is 1. The number of aryl methyl sites for hydroxylation is 1. The van der Waals surface area contributed by atoms with Gasteiger partial charge < -0.3 is 4.55 Å². The Kier molecular flexibility index (Phi) is 4.52. The van der Waals surface area contributed by atoms with Gasteiger partial charge in [0.2, 0.25) is 15.9 Å². The largest absolute Gasteiger partial charge is 0.726 e. The Hall–Kier alpha value is -2.02. The van der Waals surface area contributed by atoms with Crippen molar-refractivity contribution in [3.63, 3.8) is 0 Å². The molecule has 0 amide bonds. The molecule has 0 aliphatic carbocycles. The molecule has 0 saturated heterocycles. The number of nitrogens with zero attached hydrogens (tertiary/aromatic N) is 1. The van der Waals surface area contributed by atoms with Crippen molar-refractivity contribution in [1.29, 1.82) is 0 Å². The average Bonchev–Trinajstić information content (AvgIpc) is 2.48. The van der Waals surface area contributed by atoms with E-state index in [-0.39, 0.29) is 0 Å². The molecule has 5 nitrogen and oxygen atoms in total. The maximum Gasteiger partial charge on any atom is 0.217 e. The molecule has 0 unspecified atom stereocenters.